The molecule has 29 heavy (non-hydrogen) atoms. The van der Waals surface area contributed by atoms with Gasteiger partial charge in [0.05, 0.1) is 24.2 Å². The number of nitrogens with one attached hydrogen (secondary N) is 1. The van der Waals surface area contributed by atoms with Crippen molar-refractivity contribution in [3.05, 3.63) is 60.4 Å². The van der Waals surface area contributed by atoms with Crippen molar-refractivity contribution >= 4 is 27.2 Å². The average Bonchev–Trinajstić information content (AvgIpc) is 3.38. The zero-order chi connectivity index (χ0) is 21.0. The van der Waals surface area contributed by atoms with E-state index in [-0.39, 0.29) is 17.0 Å². The first kappa shape index (κ1) is 21.5. The number of benzene rings is 1. The van der Waals surface area contributed by atoms with Gasteiger partial charge in [-0.1, -0.05) is 36.4 Å². The maximum Gasteiger partial charge on any atom is 0.228 e. The van der Waals surface area contributed by atoms with E-state index in [9.17, 15) is 8.42 Å². The highest BCUT2D eigenvalue weighted by atomic mass is 32.2. The van der Waals surface area contributed by atoms with Gasteiger partial charge in [0.15, 0.2) is 5.11 Å². The number of thiocarbonyl (C=S) groups is 1. The molecule has 3 rings (SSSR count). The van der Waals surface area contributed by atoms with Gasteiger partial charge in [0.2, 0.25) is 15.0 Å². The van der Waals surface area contributed by atoms with E-state index >= 15 is 0 Å². The topological polar surface area (TPSA) is 67.2 Å². The number of imidazole rings is 1. The molecular weight excluding hydrogens is 404 g/mol. The highest BCUT2D eigenvalue weighted by Crippen LogP contribution is 2.22. The van der Waals surface area contributed by atoms with Crippen molar-refractivity contribution in [3.63, 3.8) is 0 Å². The predicted molar refractivity (Wildman–Crippen MR) is 119 cm³/mol. The number of allylic oxidation sites excluding steroid dienone is 1. The lowest BCUT2D eigenvalue weighted by molar-refractivity contribution is 0.327. The molecule has 1 aromatic heterocycles. The molecule has 156 valence electrons. The van der Waals surface area contributed by atoms with Crippen molar-refractivity contribution in [1.29, 1.82) is 0 Å². The van der Waals surface area contributed by atoms with Gasteiger partial charge >= 0.3 is 0 Å². The van der Waals surface area contributed by atoms with Crippen LogP contribution in [0.15, 0.2) is 54.3 Å². The molecule has 0 atom stereocenters. The van der Waals surface area contributed by atoms with E-state index in [0.717, 1.165) is 24.1 Å². The number of sulfone groups is 1. The van der Waals surface area contributed by atoms with Gasteiger partial charge in [-0.25, -0.2) is 13.4 Å². The fourth-order valence-corrected chi connectivity index (χ4v) is 5.04. The summed E-state index contributed by atoms with van der Waals surface area (Å²) in [6.45, 7) is 8.78. The van der Waals surface area contributed by atoms with Crippen LogP contribution in [0.2, 0.25) is 0 Å². The Morgan fingerprint density at radius 1 is 1.38 bits per heavy atom. The van der Waals surface area contributed by atoms with Crippen LogP contribution in [0.4, 0.5) is 0 Å². The van der Waals surface area contributed by atoms with Gasteiger partial charge in [0.25, 0.3) is 0 Å². The SMILES string of the molecule is C=CCn1c(CN(C(=S)NC2CC2)C(C)C)cnc1S(=O)(=O)Cc1ccccc1. The third-order valence-electron chi connectivity index (χ3n) is 4.81. The second-order valence-electron chi connectivity index (χ2n) is 7.62. The fourth-order valence-electron chi connectivity index (χ4n) is 3.10. The Balaban J connectivity index is 1.87. The molecule has 1 N–H and O–H groups in total. The Morgan fingerprint density at radius 2 is 2.07 bits per heavy atom. The quantitative estimate of drug-likeness (QED) is 0.484. The first-order valence-electron chi connectivity index (χ1n) is 9.81. The highest BCUT2D eigenvalue weighted by molar-refractivity contribution is 7.90. The zero-order valence-electron chi connectivity index (χ0n) is 16.9. The summed E-state index contributed by atoms with van der Waals surface area (Å²) in [7, 11) is -3.59. The molecule has 1 aliphatic carbocycles. The average molecular weight is 433 g/mol. The van der Waals surface area contributed by atoms with Crippen molar-refractivity contribution in [2.75, 3.05) is 0 Å². The van der Waals surface area contributed by atoms with Crippen molar-refractivity contribution in [3.8, 4) is 0 Å². The number of rotatable bonds is 9. The monoisotopic (exact) mass is 432 g/mol. The molecule has 0 spiro atoms. The number of hydrogen-bond acceptors (Lipinski definition) is 4. The molecule has 1 fully saturated rings. The molecule has 0 radical (unpaired) electrons. The van der Waals surface area contributed by atoms with Crippen LogP contribution in [-0.2, 0) is 28.7 Å². The van der Waals surface area contributed by atoms with E-state index in [0.29, 0.717) is 24.2 Å². The first-order valence-corrected chi connectivity index (χ1v) is 11.9. The second kappa shape index (κ2) is 9.09. The van der Waals surface area contributed by atoms with Crippen LogP contribution >= 0.6 is 12.2 Å². The van der Waals surface area contributed by atoms with E-state index in [4.69, 9.17) is 12.2 Å². The lowest BCUT2D eigenvalue weighted by Gasteiger charge is -2.30. The molecule has 1 saturated carbocycles. The molecule has 1 aliphatic rings. The highest BCUT2D eigenvalue weighted by Gasteiger charge is 2.27. The fraction of sp³-hybridized carbons (Fsp3) is 0.429. The lowest BCUT2D eigenvalue weighted by Crippen LogP contribution is -2.44. The Labute approximate surface area is 178 Å². The molecule has 8 heteroatoms. The largest absolute Gasteiger partial charge is 0.360 e. The summed E-state index contributed by atoms with van der Waals surface area (Å²) in [6.07, 6.45) is 5.61. The summed E-state index contributed by atoms with van der Waals surface area (Å²) in [4.78, 5) is 6.35. The molecule has 6 nitrogen and oxygen atoms in total. The van der Waals surface area contributed by atoms with Gasteiger partial charge in [-0.15, -0.1) is 6.58 Å². The molecule has 0 amide bonds. The van der Waals surface area contributed by atoms with Crippen LogP contribution in [0.25, 0.3) is 0 Å². The summed E-state index contributed by atoms with van der Waals surface area (Å²) in [5, 5.41) is 4.13. The molecule has 1 heterocycles. The molecular formula is C21H28N4O2S2. The van der Waals surface area contributed by atoms with Crippen LogP contribution in [0.5, 0.6) is 0 Å². The van der Waals surface area contributed by atoms with E-state index in [2.05, 4.69) is 35.6 Å². The minimum atomic E-state index is -3.59. The Bertz CT molecular complexity index is 964. The maximum absolute atomic E-state index is 13.0. The van der Waals surface area contributed by atoms with E-state index < -0.39 is 9.84 Å². The Morgan fingerprint density at radius 3 is 2.66 bits per heavy atom. The van der Waals surface area contributed by atoms with Gasteiger partial charge in [0.1, 0.15) is 0 Å². The van der Waals surface area contributed by atoms with Crippen LogP contribution < -0.4 is 5.32 Å². The molecule has 1 aromatic carbocycles. The van der Waals surface area contributed by atoms with Crippen molar-refractivity contribution in [2.45, 2.75) is 62.8 Å². The molecule has 0 aliphatic heterocycles. The lowest BCUT2D eigenvalue weighted by atomic mass is 10.2. The van der Waals surface area contributed by atoms with Crippen LogP contribution in [0.1, 0.15) is 37.9 Å². The van der Waals surface area contributed by atoms with Gasteiger partial charge in [0, 0.05) is 18.6 Å². The summed E-state index contributed by atoms with van der Waals surface area (Å²) in [5.41, 5.74) is 1.53. The zero-order valence-corrected chi connectivity index (χ0v) is 18.5. The normalized spacial score (nSPS) is 14.0. The Hall–Kier alpha value is -2.19. The Kier molecular flexibility index (Phi) is 6.74. The van der Waals surface area contributed by atoms with Crippen molar-refractivity contribution < 1.29 is 8.42 Å². The maximum atomic E-state index is 13.0. The van der Waals surface area contributed by atoms with Crippen molar-refractivity contribution in [2.24, 2.45) is 0 Å². The molecule has 0 bridgehead atoms. The van der Waals surface area contributed by atoms with E-state index in [1.54, 1.807) is 16.8 Å². The first-order chi connectivity index (χ1) is 13.8. The predicted octanol–water partition coefficient (Wildman–Crippen LogP) is 3.29. The minimum absolute atomic E-state index is 0.0704. The summed E-state index contributed by atoms with van der Waals surface area (Å²) in [5.74, 6) is -0.0863. The smallest absolute Gasteiger partial charge is 0.228 e. The van der Waals surface area contributed by atoms with Gasteiger partial charge in [-0.3, -0.25) is 0 Å². The van der Waals surface area contributed by atoms with E-state index in [1.807, 2.05) is 30.3 Å². The van der Waals surface area contributed by atoms with Gasteiger partial charge in [-0.05, 0) is 44.5 Å². The third-order valence-corrected chi connectivity index (χ3v) is 6.76. The van der Waals surface area contributed by atoms with Gasteiger partial charge in [-0.2, -0.15) is 0 Å². The summed E-state index contributed by atoms with van der Waals surface area (Å²) in [6, 6.07) is 9.78. The molecule has 0 saturated heterocycles. The number of aromatic nitrogens is 2. The summed E-state index contributed by atoms with van der Waals surface area (Å²) >= 11 is 5.59. The molecule has 0 unspecified atom stereocenters. The molecule has 2 aromatic rings. The third kappa shape index (κ3) is 5.45. The second-order valence-corrected chi connectivity index (χ2v) is 9.89. The van der Waals surface area contributed by atoms with Crippen LogP contribution in [0.3, 0.4) is 0 Å². The summed E-state index contributed by atoms with van der Waals surface area (Å²) < 4.78 is 27.8. The number of hydrogen-bond donors (Lipinski definition) is 1. The standard InChI is InChI=1S/C21H28N4O2S2/c1-4-12-24-19(14-25(16(2)3)20(28)23-18-10-11-18)13-22-21(24)29(26,27)15-17-8-6-5-7-9-17/h4-9,13,16,18H,1,10-12,14-15H2,2-3H3,(H,23,28). The van der Waals surface area contributed by atoms with Gasteiger partial charge < -0.3 is 14.8 Å². The van der Waals surface area contributed by atoms with Crippen LogP contribution in [-0.4, -0.2) is 40.1 Å². The van der Waals surface area contributed by atoms with Crippen molar-refractivity contribution in [1.82, 2.24) is 19.8 Å². The minimum Gasteiger partial charge on any atom is -0.360 e. The van der Waals surface area contributed by atoms with E-state index in [1.165, 1.54) is 0 Å². The number of nitrogens with zero attached hydrogens (tertiary/aromatic N) is 3. The van der Waals surface area contributed by atoms with Crippen LogP contribution in [0, 0.1) is 0 Å².